The van der Waals surface area contributed by atoms with Crippen LogP contribution in [0.5, 0.6) is 0 Å². The first-order valence-electron chi connectivity index (χ1n) is 5.45. The molecule has 0 aliphatic carbocycles. The van der Waals surface area contributed by atoms with E-state index in [1.807, 2.05) is 24.3 Å². The second kappa shape index (κ2) is 5.16. The molecule has 2 N–H and O–H groups in total. The lowest BCUT2D eigenvalue weighted by Gasteiger charge is -2.28. The van der Waals surface area contributed by atoms with Crippen molar-refractivity contribution in [1.82, 2.24) is 5.32 Å². The van der Waals surface area contributed by atoms with Crippen molar-refractivity contribution in [3.63, 3.8) is 0 Å². The number of carbonyl (C=O) groups is 1. The average molecular weight is 300 g/mol. The topological polar surface area (TPSA) is 58.6 Å². The standard InChI is InChI=1S/C12H14BrNO3/c13-10-3-1-9(2-4-10)12(5-6-14-8-12)17-7-11(15)16/h1-4,14H,5-8H2,(H,15,16). The molecule has 1 unspecified atom stereocenters. The van der Waals surface area contributed by atoms with E-state index in [2.05, 4.69) is 21.2 Å². The highest BCUT2D eigenvalue weighted by Crippen LogP contribution is 2.32. The van der Waals surface area contributed by atoms with E-state index in [0.29, 0.717) is 6.54 Å². The van der Waals surface area contributed by atoms with Gasteiger partial charge >= 0.3 is 5.97 Å². The Morgan fingerprint density at radius 1 is 1.47 bits per heavy atom. The van der Waals surface area contributed by atoms with Gasteiger partial charge in [-0.2, -0.15) is 0 Å². The monoisotopic (exact) mass is 299 g/mol. The molecule has 0 spiro atoms. The van der Waals surface area contributed by atoms with Crippen molar-refractivity contribution in [2.75, 3.05) is 19.7 Å². The van der Waals surface area contributed by atoms with Crippen LogP contribution in [0.1, 0.15) is 12.0 Å². The van der Waals surface area contributed by atoms with Gasteiger partial charge in [0.05, 0.1) is 0 Å². The highest BCUT2D eigenvalue weighted by atomic mass is 79.9. The SMILES string of the molecule is O=C(O)COC1(c2ccc(Br)cc2)CCNC1. The maximum atomic E-state index is 10.6. The Hall–Kier alpha value is -0.910. The number of hydrogen-bond donors (Lipinski definition) is 2. The van der Waals surface area contributed by atoms with Gasteiger partial charge in [-0.05, 0) is 30.7 Å². The van der Waals surface area contributed by atoms with Crippen LogP contribution in [0.25, 0.3) is 0 Å². The van der Waals surface area contributed by atoms with Crippen molar-refractivity contribution in [1.29, 1.82) is 0 Å². The van der Waals surface area contributed by atoms with Gasteiger partial charge in [-0.3, -0.25) is 0 Å². The minimum absolute atomic E-state index is 0.266. The summed E-state index contributed by atoms with van der Waals surface area (Å²) >= 11 is 3.38. The first-order chi connectivity index (χ1) is 8.12. The van der Waals surface area contributed by atoms with Crippen LogP contribution in [0, 0.1) is 0 Å². The summed E-state index contributed by atoms with van der Waals surface area (Å²) in [4.78, 5) is 10.6. The summed E-state index contributed by atoms with van der Waals surface area (Å²) in [6.45, 7) is 1.23. The van der Waals surface area contributed by atoms with Crippen molar-refractivity contribution in [2.24, 2.45) is 0 Å². The van der Waals surface area contributed by atoms with E-state index in [-0.39, 0.29) is 6.61 Å². The minimum atomic E-state index is -0.937. The number of benzene rings is 1. The molecule has 0 radical (unpaired) electrons. The lowest BCUT2D eigenvalue weighted by molar-refractivity contribution is -0.149. The fourth-order valence-corrected chi connectivity index (χ4v) is 2.34. The third-order valence-electron chi connectivity index (χ3n) is 2.96. The number of carboxylic acids is 1. The van der Waals surface area contributed by atoms with Gasteiger partial charge in [-0.1, -0.05) is 28.1 Å². The third kappa shape index (κ3) is 2.86. The predicted molar refractivity (Wildman–Crippen MR) is 66.9 cm³/mol. The van der Waals surface area contributed by atoms with Crippen LogP contribution >= 0.6 is 15.9 Å². The fraction of sp³-hybridized carbons (Fsp3) is 0.417. The second-order valence-electron chi connectivity index (χ2n) is 4.11. The van der Waals surface area contributed by atoms with Crippen LogP contribution in [0.3, 0.4) is 0 Å². The molecule has 1 aliphatic rings. The van der Waals surface area contributed by atoms with Crippen molar-refractivity contribution in [3.8, 4) is 0 Å². The van der Waals surface area contributed by atoms with E-state index in [9.17, 15) is 4.79 Å². The summed E-state index contributed by atoms with van der Waals surface area (Å²) < 4.78 is 6.60. The molecule has 0 saturated carbocycles. The van der Waals surface area contributed by atoms with Crippen molar-refractivity contribution in [2.45, 2.75) is 12.0 Å². The predicted octanol–water partition coefficient (Wildman–Crippen LogP) is 1.74. The van der Waals surface area contributed by atoms with Gasteiger partial charge in [0.1, 0.15) is 12.2 Å². The van der Waals surface area contributed by atoms with Crippen LogP contribution in [0.2, 0.25) is 0 Å². The largest absolute Gasteiger partial charge is 0.480 e. The molecule has 92 valence electrons. The smallest absolute Gasteiger partial charge is 0.329 e. The average Bonchev–Trinajstić information content (AvgIpc) is 2.77. The zero-order valence-electron chi connectivity index (χ0n) is 9.28. The molecule has 17 heavy (non-hydrogen) atoms. The van der Waals surface area contributed by atoms with Crippen LogP contribution < -0.4 is 5.32 Å². The summed E-state index contributed by atoms with van der Waals surface area (Å²) in [5.41, 5.74) is 0.519. The molecule has 1 aromatic carbocycles. The molecule has 5 heteroatoms. The van der Waals surface area contributed by atoms with Crippen LogP contribution in [-0.2, 0) is 15.1 Å². The summed E-state index contributed by atoms with van der Waals surface area (Å²) in [6, 6.07) is 7.83. The maximum absolute atomic E-state index is 10.6. The molecule has 4 nitrogen and oxygen atoms in total. The Bertz CT molecular complexity index is 399. The van der Waals surface area contributed by atoms with Crippen LogP contribution in [0.15, 0.2) is 28.7 Å². The molecule has 1 heterocycles. The van der Waals surface area contributed by atoms with Gasteiger partial charge in [0, 0.05) is 11.0 Å². The zero-order chi connectivity index (χ0) is 12.3. The molecular formula is C12H14BrNO3. The lowest BCUT2D eigenvalue weighted by Crippen LogP contribution is -2.34. The summed E-state index contributed by atoms with van der Waals surface area (Å²) in [7, 11) is 0. The number of ether oxygens (including phenoxy) is 1. The molecule has 1 saturated heterocycles. The van der Waals surface area contributed by atoms with E-state index >= 15 is 0 Å². The van der Waals surface area contributed by atoms with Gasteiger partial charge in [-0.15, -0.1) is 0 Å². The molecule has 0 bridgehead atoms. The molecule has 1 atom stereocenters. The van der Waals surface area contributed by atoms with Crippen molar-refractivity contribution < 1.29 is 14.6 Å². The van der Waals surface area contributed by atoms with Gasteiger partial charge in [0.25, 0.3) is 0 Å². The quantitative estimate of drug-likeness (QED) is 0.889. The van der Waals surface area contributed by atoms with E-state index in [1.165, 1.54) is 0 Å². The van der Waals surface area contributed by atoms with Gasteiger partial charge in [-0.25, -0.2) is 4.79 Å². The summed E-state index contributed by atoms with van der Waals surface area (Å²) in [6.07, 6.45) is 0.794. The first kappa shape index (κ1) is 12.5. The minimum Gasteiger partial charge on any atom is -0.480 e. The van der Waals surface area contributed by atoms with Crippen LogP contribution in [0.4, 0.5) is 0 Å². The Kier molecular flexibility index (Phi) is 3.81. The van der Waals surface area contributed by atoms with E-state index in [1.54, 1.807) is 0 Å². The Morgan fingerprint density at radius 2 is 2.18 bits per heavy atom. The second-order valence-corrected chi connectivity index (χ2v) is 5.03. The maximum Gasteiger partial charge on any atom is 0.329 e. The highest BCUT2D eigenvalue weighted by molar-refractivity contribution is 9.10. The number of hydrogen-bond acceptors (Lipinski definition) is 3. The van der Waals surface area contributed by atoms with Gasteiger partial charge < -0.3 is 15.2 Å². The van der Waals surface area contributed by atoms with E-state index in [4.69, 9.17) is 9.84 Å². The number of rotatable bonds is 4. The molecule has 1 fully saturated rings. The number of aliphatic carboxylic acids is 1. The number of nitrogens with one attached hydrogen (secondary N) is 1. The normalized spacial score (nSPS) is 23.8. The molecular weight excluding hydrogens is 286 g/mol. The fourth-order valence-electron chi connectivity index (χ4n) is 2.08. The molecule has 2 rings (SSSR count). The van der Waals surface area contributed by atoms with Gasteiger partial charge in [0.2, 0.25) is 0 Å². The first-order valence-corrected chi connectivity index (χ1v) is 6.24. The highest BCUT2D eigenvalue weighted by Gasteiger charge is 2.37. The van der Waals surface area contributed by atoms with E-state index < -0.39 is 11.6 Å². The number of carboxylic acid groups (broad SMARTS) is 1. The Labute approximate surface area is 108 Å². The van der Waals surface area contributed by atoms with Crippen molar-refractivity contribution in [3.05, 3.63) is 34.3 Å². The molecule has 0 amide bonds. The third-order valence-corrected chi connectivity index (χ3v) is 3.49. The van der Waals surface area contributed by atoms with E-state index in [0.717, 1.165) is 23.0 Å². The lowest BCUT2D eigenvalue weighted by atomic mass is 9.93. The molecule has 1 aromatic rings. The summed E-state index contributed by atoms with van der Waals surface area (Å²) in [5.74, 6) is -0.937. The Balaban J connectivity index is 2.21. The van der Waals surface area contributed by atoms with Crippen molar-refractivity contribution >= 4 is 21.9 Å². The molecule has 0 aromatic heterocycles. The molecule has 1 aliphatic heterocycles. The zero-order valence-corrected chi connectivity index (χ0v) is 10.9. The van der Waals surface area contributed by atoms with Crippen LogP contribution in [-0.4, -0.2) is 30.8 Å². The summed E-state index contributed by atoms with van der Waals surface area (Å²) in [5, 5.41) is 11.9. The Morgan fingerprint density at radius 3 is 2.71 bits per heavy atom. The van der Waals surface area contributed by atoms with Gasteiger partial charge in [0.15, 0.2) is 0 Å². The number of halogens is 1.